The van der Waals surface area contributed by atoms with Crippen LogP contribution in [0.2, 0.25) is 5.02 Å². The zero-order chi connectivity index (χ0) is 33.3. The lowest BCUT2D eigenvalue weighted by Gasteiger charge is -2.34. The zero-order valence-electron chi connectivity index (χ0n) is 26.5. The van der Waals surface area contributed by atoms with Gasteiger partial charge in [0, 0.05) is 24.0 Å². The number of methoxy groups -OCH3 is 1. The van der Waals surface area contributed by atoms with E-state index >= 15 is 0 Å². The number of halogens is 1. The van der Waals surface area contributed by atoms with E-state index in [9.17, 15) is 18.0 Å². The third-order valence-electron chi connectivity index (χ3n) is 7.75. The largest absolute Gasteiger partial charge is 0.495 e. The lowest BCUT2D eigenvalue weighted by Crippen LogP contribution is -2.54. The summed E-state index contributed by atoms with van der Waals surface area (Å²) in [6.07, 6.45) is 0.923. The Morgan fingerprint density at radius 1 is 0.891 bits per heavy atom. The van der Waals surface area contributed by atoms with Gasteiger partial charge in [0.1, 0.15) is 18.3 Å². The Labute approximate surface area is 277 Å². The maximum absolute atomic E-state index is 14.6. The fraction of sp³-hybridized carbons (Fsp3) is 0.278. The molecule has 0 heterocycles. The molecule has 2 atom stereocenters. The maximum Gasteiger partial charge on any atom is 0.264 e. The topological polar surface area (TPSA) is 96.0 Å². The van der Waals surface area contributed by atoms with Crippen LogP contribution in [-0.2, 0) is 32.6 Å². The van der Waals surface area contributed by atoms with E-state index in [1.165, 1.54) is 24.1 Å². The van der Waals surface area contributed by atoms with Gasteiger partial charge >= 0.3 is 0 Å². The second-order valence-corrected chi connectivity index (χ2v) is 13.5. The highest BCUT2D eigenvalue weighted by Crippen LogP contribution is 2.34. The number of carbonyl (C=O) groups is 2. The molecule has 0 bridgehead atoms. The predicted molar refractivity (Wildman–Crippen MR) is 183 cm³/mol. The normalized spacial score (nSPS) is 12.5. The van der Waals surface area contributed by atoms with Crippen molar-refractivity contribution in [3.05, 3.63) is 125 Å². The van der Waals surface area contributed by atoms with Gasteiger partial charge in [-0.1, -0.05) is 85.3 Å². The van der Waals surface area contributed by atoms with E-state index < -0.39 is 28.5 Å². The minimum absolute atomic E-state index is 0.0194. The van der Waals surface area contributed by atoms with Gasteiger partial charge in [-0.25, -0.2) is 8.42 Å². The number of benzene rings is 4. The lowest BCUT2D eigenvalue weighted by molar-refractivity contribution is -0.140. The standard InChI is InChI=1S/C36H40ClN3O5S/c1-5-27(3)38-36(42)33(23-28-12-8-6-9-13-28)39(24-29-17-19-30(37)20-18-29)35(41)25-40(32-22-26(2)16-21-34(32)45-4)46(43,44)31-14-10-7-11-15-31/h6-22,27,33H,5,23-25H2,1-4H3,(H,38,42)/t27-,33-/m0/s1. The Balaban J connectivity index is 1.84. The summed E-state index contributed by atoms with van der Waals surface area (Å²) < 4.78 is 35.1. The second-order valence-electron chi connectivity index (χ2n) is 11.2. The van der Waals surface area contributed by atoms with Gasteiger partial charge in [-0.05, 0) is 73.4 Å². The summed E-state index contributed by atoms with van der Waals surface area (Å²) in [6, 6.07) is 28.5. The molecule has 0 radical (unpaired) electrons. The molecule has 0 aliphatic rings. The molecule has 2 amide bonds. The van der Waals surface area contributed by atoms with Crippen molar-refractivity contribution < 1.29 is 22.7 Å². The highest BCUT2D eigenvalue weighted by Gasteiger charge is 2.35. The van der Waals surface area contributed by atoms with Gasteiger partial charge in [0.15, 0.2) is 0 Å². The Morgan fingerprint density at radius 3 is 2.13 bits per heavy atom. The second kappa shape index (κ2) is 15.8. The Bertz CT molecular complexity index is 1720. The number of nitrogens with one attached hydrogen (secondary N) is 1. The number of carbonyl (C=O) groups excluding carboxylic acids is 2. The van der Waals surface area contributed by atoms with Crippen LogP contribution in [0.4, 0.5) is 5.69 Å². The van der Waals surface area contributed by atoms with Gasteiger partial charge in [0.25, 0.3) is 10.0 Å². The van der Waals surface area contributed by atoms with Crippen molar-refractivity contribution in [3.8, 4) is 5.75 Å². The minimum atomic E-state index is -4.25. The van der Waals surface area contributed by atoms with Gasteiger partial charge in [-0.15, -0.1) is 0 Å². The number of anilines is 1. The monoisotopic (exact) mass is 661 g/mol. The number of ether oxygens (including phenoxy) is 1. The van der Waals surface area contributed by atoms with Gasteiger partial charge in [0.2, 0.25) is 11.8 Å². The van der Waals surface area contributed by atoms with Gasteiger partial charge in [0.05, 0.1) is 17.7 Å². The summed E-state index contributed by atoms with van der Waals surface area (Å²) in [7, 11) is -2.80. The third kappa shape index (κ3) is 8.68. The van der Waals surface area contributed by atoms with E-state index in [1.54, 1.807) is 60.7 Å². The fourth-order valence-corrected chi connectivity index (χ4v) is 6.57. The molecule has 0 aliphatic heterocycles. The fourth-order valence-electron chi connectivity index (χ4n) is 5.01. The molecule has 0 saturated heterocycles. The SMILES string of the molecule is CC[C@H](C)NC(=O)[C@H](Cc1ccccc1)N(Cc1ccc(Cl)cc1)C(=O)CN(c1cc(C)ccc1OC)S(=O)(=O)c1ccccc1. The van der Waals surface area contributed by atoms with E-state index in [-0.39, 0.29) is 41.2 Å². The van der Waals surface area contributed by atoms with Gasteiger partial charge in [-0.3, -0.25) is 13.9 Å². The molecule has 0 saturated carbocycles. The number of aryl methyl sites for hydroxylation is 1. The Kier molecular flexibility index (Phi) is 11.8. The summed E-state index contributed by atoms with van der Waals surface area (Å²) in [6.45, 7) is 5.18. The van der Waals surface area contributed by atoms with Crippen LogP contribution in [0.3, 0.4) is 0 Å². The van der Waals surface area contributed by atoms with Crippen molar-refractivity contribution >= 4 is 39.1 Å². The molecule has 46 heavy (non-hydrogen) atoms. The third-order valence-corrected chi connectivity index (χ3v) is 9.78. The predicted octanol–water partition coefficient (Wildman–Crippen LogP) is 6.41. The number of sulfonamides is 1. The summed E-state index contributed by atoms with van der Waals surface area (Å²) in [4.78, 5) is 30.1. The number of hydrogen-bond donors (Lipinski definition) is 1. The van der Waals surface area contributed by atoms with Crippen molar-refractivity contribution in [1.82, 2.24) is 10.2 Å². The minimum Gasteiger partial charge on any atom is -0.495 e. The molecule has 4 rings (SSSR count). The first-order valence-electron chi connectivity index (χ1n) is 15.1. The highest BCUT2D eigenvalue weighted by atomic mass is 35.5. The molecule has 8 nitrogen and oxygen atoms in total. The summed E-state index contributed by atoms with van der Waals surface area (Å²) in [5, 5.41) is 3.57. The first-order valence-corrected chi connectivity index (χ1v) is 17.0. The van der Waals surface area contributed by atoms with Crippen molar-refractivity contribution in [1.29, 1.82) is 0 Å². The zero-order valence-corrected chi connectivity index (χ0v) is 28.1. The summed E-state index contributed by atoms with van der Waals surface area (Å²) in [5.74, 6) is -0.595. The number of hydrogen-bond acceptors (Lipinski definition) is 5. The van der Waals surface area contributed by atoms with E-state index in [4.69, 9.17) is 16.3 Å². The highest BCUT2D eigenvalue weighted by molar-refractivity contribution is 7.92. The number of rotatable bonds is 14. The van der Waals surface area contributed by atoms with Crippen molar-refractivity contribution in [2.45, 2.75) is 57.1 Å². The molecule has 0 unspecified atom stereocenters. The Morgan fingerprint density at radius 2 is 1.52 bits per heavy atom. The first-order chi connectivity index (χ1) is 22.0. The number of amides is 2. The molecule has 0 fully saturated rings. The number of nitrogens with zero attached hydrogens (tertiary/aromatic N) is 2. The maximum atomic E-state index is 14.6. The van der Waals surface area contributed by atoms with Crippen LogP contribution in [0.25, 0.3) is 0 Å². The summed E-state index contributed by atoms with van der Waals surface area (Å²) in [5.41, 5.74) is 2.59. The van der Waals surface area contributed by atoms with E-state index in [2.05, 4.69) is 5.32 Å². The van der Waals surface area contributed by atoms with E-state index in [0.717, 1.165) is 21.0 Å². The van der Waals surface area contributed by atoms with Crippen LogP contribution in [0.1, 0.15) is 37.0 Å². The smallest absolute Gasteiger partial charge is 0.264 e. The quantitative estimate of drug-likeness (QED) is 0.169. The van der Waals surface area contributed by atoms with Crippen LogP contribution in [0.5, 0.6) is 5.75 Å². The molecule has 0 spiro atoms. The average molecular weight is 662 g/mol. The summed E-state index contributed by atoms with van der Waals surface area (Å²) >= 11 is 6.16. The van der Waals surface area contributed by atoms with Crippen molar-refractivity contribution in [2.75, 3.05) is 18.0 Å². The van der Waals surface area contributed by atoms with Crippen LogP contribution in [-0.4, -0.2) is 50.9 Å². The first kappa shape index (κ1) is 34.5. The van der Waals surface area contributed by atoms with Gasteiger partial charge < -0.3 is 15.0 Å². The molecule has 0 aromatic heterocycles. The van der Waals surface area contributed by atoms with Crippen LogP contribution in [0.15, 0.2) is 108 Å². The lowest BCUT2D eigenvalue weighted by atomic mass is 10.0. The molecular weight excluding hydrogens is 622 g/mol. The van der Waals surface area contributed by atoms with Crippen molar-refractivity contribution in [3.63, 3.8) is 0 Å². The van der Waals surface area contributed by atoms with Gasteiger partial charge in [-0.2, -0.15) is 0 Å². The van der Waals surface area contributed by atoms with Crippen LogP contribution in [0, 0.1) is 6.92 Å². The molecule has 242 valence electrons. The Hall–Kier alpha value is -4.34. The van der Waals surface area contributed by atoms with Crippen LogP contribution < -0.4 is 14.4 Å². The average Bonchev–Trinajstić information content (AvgIpc) is 3.06. The van der Waals surface area contributed by atoms with E-state index in [0.29, 0.717) is 11.4 Å². The van der Waals surface area contributed by atoms with E-state index in [1.807, 2.05) is 51.1 Å². The molecule has 0 aliphatic carbocycles. The van der Waals surface area contributed by atoms with Crippen LogP contribution >= 0.6 is 11.6 Å². The molecular formula is C36H40ClN3O5S. The molecule has 4 aromatic carbocycles. The molecule has 1 N–H and O–H groups in total. The molecule has 10 heteroatoms. The van der Waals surface area contributed by atoms with Crippen molar-refractivity contribution in [2.24, 2.45) is 0 Å². The molecule has 4 aromatic rings.